The molecule has 0 fully saturated rings. The molecule has 2 aliphatic rings. The van der Waals surface area contributed by atoms with Gasteiger partial charge in [-0.15, -0.1) is 0 Å². The predicted molar refractivity (Wildman–Crippen MR) is 240 cm³/mol. The first-order valence-electron chi connectivity index (χ1n) is 20.8. The van der Waals surface area contributed by atoms with Crippen LogP contribution in [0, 0.1) is 0 Å². The predicted octanol–water partition coefficient (Wildman–Crippen LogP) is 7.84. The largest absolute Gasteiger partial charge is 0.354 e. The van der Waals surface area contributed by atoms with Gasteiger partial charge in [0.25, 0.3) is 0 Å². The molecule has 4 aromatic carbocycles. The van der Waals surface area contributed by atoms with Crippen LogP contribution in [0.1, 0.15) is 115 Å². The summed E-state index contributed by atoms with van der Waals surface area (Å²) >= 11 is 0. The van der Waals surface area contributed by atoms with Crippen molar-refractivity contribution in [1.29, 1.82) is 0 Å². The lowest BCUT2D eigenvalue weighted by molar-refractivity contribution is 0.0978. The van der Waals surface area contributed by atoms with Crippen molar-refractivity contribution in [1.82, 2.24) is 29.9 Å². The highest BCUT2D eigenvalue weighted by atomic mass is 16.1. The van der Waals surface area contributed by atoms with Crippen molar-refractivity contribution in [3.05, 3.63) is 123 Å². The van der Waals surface area contributed by atoms with Gasteiger partial charge in [0.15, 0.2) is 23.1 Å². The molecule has 2 aromatic heterocycles. The van der Waals surface area contributed by atoms with Crippen molar-refractivity contribution in [2.75, 3.05) is 60.5 Å². The van der Waals surface area contributed by atoms with Crippen LogP contribution in [0.25, 0.3) is 11.1 Å². The molecule has 0 aliphatic heterocycles. The number of ketones is 4. The number of hydrogen-bond acceptors (Lipinski definition) is 15. The number of aromatic nitrogens is 6. The van der Waals surface area contributed by atoms with Gasteiger partial charge in [-0.3, -0.25) is 19.2 Å². The SMILES string of the molecule is CCCCCc1nc(Nc2ccc(-c3ccc(Nc4nc(NCCCC)nc(N(C)C)n4)c4c3C(=O)c3ccccc3C4=O)c3c2C(=O)c2ccccc2C3=O)nc(N(C)C)n1. The third kappa shape index (κ3) is 7.72. The van der Waals surface area contributed by atoms with Crippen LogP contribution in [0.4, 0.5) is 41.1 Å². The van der Waals surface area contributed by atoms with E-state index in [1.54, 1.807) is 82.6 Å². The third-order valence-corrected chi connectivity index (χ3v) is 10.8. The lowest BCUT2D eigenvalue weighted by Gasteiger charge is -2.27. The number of hydrogen-bond donors (Lipinski definition) is 3. The van der Waals surface area contributed by atoms with Gasteiger partial charge < -0.3 is 25.8 Å². The van der Waals surface area contributed by atoms with E-state index in [4.69, 9.17) is 4.98 Å². The minimum atomic E-state index is -0.414. The van der Waals surface area contributed by atoms with E-state index in [-0.39, 0.29) is 67.9 Å². The van der Waals surface area contributed by atoms with Gasteiger partial charge in [0, 0.05) is 74.5 Å². The van der Waals surface area contributed by atoms with Crippen LogP contribution in [0.2, 0.25) is 0 Å². The fourth-order valence-electron chi connectivity index (χ4n) is 7.73. The first-order valence-corrected chi connectivity index (χ1v) is 20.8. The molecule has 15 heteroatoms. The zero-order valence-electron chi connectivity index (χ0n) is 35.6. The van der Waals surface area contributed by atoms with E-state index < -0.39 is 17.3 Å². The summed E-state index contributed by atoms with van der Waals surface area (Å²) in [5, 5.41) is 9.73. The Balaban J connectivity index is 1.31. The summed E-state index contributed by atoms with van der Waals surface area (Å²) in [6.07, 6.45) is 5.48. The van der Waals surface area contributed by atoms with Crippen LogP contribution in [-0.4, -0.2) is 87.8 Å². The first kappa shape index (κ1) is 41.3. The number of nitrogens with one attached hydrogen (secondary N) is 3. The number of unbranched alkanes of at least 4 members (excludes halogenated alkanes) is 3. The second-order valence-electron chi connectivity index (χ2n) is 15.7. The number of anilines is 7. The molecule has 2 aliphatic carbocycles. The number of carbonyl (C=O) groups is 4. The van der Waals surface area contributed by atoms with Crippen molar-refractivity contribution < 1.29 is 19.2 Å². The van der Waals surface area contributed by atoms with Crippen molar-refractivity contribution in [2.45, 2.75) is 52.4 Å². The highest BCUT2D eigenvalue weighted by Crippen LogP contribution is 2.44. The maximum atomic E-state index is 14.8. The molecule has 314 valence electrons. The Labute approximate surface area is 359 Å². The summed E-state index contributed by atoms with van der Waals surface area (Å²) < 4.78 is 0. The summed E-state index contributed by atoms with van der Waals surface area (Å²) in [6, 6.07) is 20.1. The quantitative estimate of drug-likeness (QED) is 0.0847. The fourth-order valence-corrected chi connectivity index (χ4v) is 7.73. The highest BCUT2D eigenvalue weighted by Gasteiger charge is 2.38. The van der Waals surface area contributed by atoms with Crippen LogP contribution in [0.3, 0.4) is 0 Å². The van der Waals surface area contributed by atoms with Gasteiger partial charge in [-0.05, 0) is 36.1 Å². The Morgan fingerprint density at radius 2 is 0.887 bits per heavy atom. The van der Waals surface area contributed by atoms with Crippen molar-refractivity contribution >= 4 is 64.2 Å². The Morgan fingerprint density at radius 3 is 1.35 bits per heavy atom. The molecule has 0 saturated heterocycles. The van der Waals surface area contributed by atoms with Gasteiger partial charge in [0.2, 0.25) is 29.7 Å². The number of nitrogens with zero attached hydrogens (tertiary/aromatic N) is 8. The van der Waals surface area contributed by atoms with Crippen molar-refractivity contribution in [2.24, 2.45) is 0 Å². The van der Waals surface area contributed by atoms with Crippen molar-refractivity contribution in [3.8, 4) is 11.1 Å². The Morgan fingerprint density at radius 1 is 0.452 bits per heavy atom. The van der Waals surface area contributed by atoms with Gasteiger partial charge in [-0.1, -0.05) is 93.8 Å². The molecule has 0 spiro atoms. The number of carbonyl (C=O) groups excluding carboxylic acids is 4. The average molecular weight is 830 g/mol. The van der Waals surface area contributed by atoms with E-state index >= 15 is 0 Å². The molecular weight excluding hydrogens is 783 g/mol. The summed E-state index contributed by atoms with van der Waals surface area (Å²) in [6.45, 7) is 4.87. The summed E-state index contributed by atoms with van der Waals surface area (Å²) in [4.78, 5) is 90.2. The van der Waals surface area contributed by atoms with E-state index in [2.05, 4.69) is 54.7 Å². The molecule has 0 unspecified atom stereocenters. The molecule has 8 rings (SSSR count). The maximum Gasteiger partial charge on any atom is 0.233 e. The van der Waals surface area contributed by atoms with Crippen LogP contribution in [0.5, 0.6) is 0 Å². The molecule has 0 amide bonds. The van der Waals surface area contributed by atoms with Gasteiger partial charge in [0.1, 0.15) is 5.82 Å². The summed E-state index contributed by atoms with van der Waals surface area (Å²) in [7, 11) is 7.30. The molecule has 62 heavy (non-hydrogen) atoms. The monoisotopic (exact) mass is 829 g/mol. The van der Waals surface area contributed by atoms with Gasteiger partial charge in [-0.25, -0.2) is 0 Å². The van der Waals surface area contributed by atoms with Gasteiger partial charge in [-0.2, -0.15) is 29.9 Å². The van der Waals surface area contributed by atoms with E-state index in [0.717, 1.165) is 32.1 Å². The normalized spacial score (nSPS) is 12.6. The third-order valence-electron chi connectivity index (χ3n) is 10.8. The van der Waals surface area contributed by atoms with E-state index in [1.165, 1.54) is 0 Å². The smallest absolute Gasteiger partial charge is 0.233 e. The zero-order chi connectivity index (χ0) is 43.7. The number of aryl methyl sites for hydroxylation is 1. The molecule has 0 atom stereocenters. The highest BCUT2D eigenvalue weighted by molar-refractivity contribution is 6.35. The number of benzene rings is 4. The standard InChI is InChI=1S/C47H47N11O4/c1-7-9-11-20-34-51-44(55-46(52-34)57(3)4)49-32-23-21-26(35-37(32)41(61)30-18-14-12-16-28(30)39(35)59)27-22-24-33(38-36(27)40(60)29-17-13-15-19-31(29)42(38)62)50-45-53-43(48-25-10-8-2)54-47(56-45)58(5)6/h12-19,21-24H,7-11,20,25H2,1-6H3,(H,49,51,52,55)(H2,48,50,53,54,56). The van der Waals surface area contributed by atoms with Gasteiger partial charge in [0.05, 0.1) is 22.5 Å². The van der Waals surface area contributed by atoms with Crippen LogP contribution in [-0.2, 0) is 6.42 Å². The minimum Gasteiger partial charge on any atom is -0.354 e. The maximum absolute atomic E-state index is 14.8. The van der Waals surface area contributed by atoms with Crippen LogP contribution in [0.15, 0.2) is 72.8 Å². The van der Waals surface area contributed by atoms with Crippen LogP contribution >= 0.6 is 0 Å². The first-order chi connectivity index (χ1) is 30.0. The number of fused-ring (bicyclic) bond motifs is 4. The summed E-state index contributed by atoms with van der Waals surface area (Å²) in [5.74, 6) is 0.535. The Bertz CT molecular complexity index is 2600. The molecule has 15 nitrogen and oxygen atoms in total. The fraction of sp³-hybridized carbons (Fsp3) is 0.277. The lowest BCUT2D eigenvalue weighted by Crippen LogP contribution is -2.25. The molecule has 0 saturated carbocycles. The molecule has 6 aromatic rings. The lowest BCUT2D eigenvalue weighted by atomic mass is 9.75. The van der Waals surface area contributed by atoms with Crippen molar-refractivity contribution in [3.63, 3.8) is 0 Å². The van der Waals surface area contributed by atoms with E-state index in [9.17, 15) is 19.2 Å². The molecule has 2 heterocycles. The molecule has 3 N–H and O–H groups in total. The second-order valence-corrected chi connectivity index (χ2v) is 15.7. The van der Waals surface area contributed by atoms with E-state index in [0.29, 0.717) is 53.4 Å². The molecule has 0 bridgehead atoms. The molecular formula is C47H47N11O4. The Hall–Kier alpha value is -7.42. The topological polar surface area (TPSA) is 188 Å². The Kier molecular flexibility index (Phi) is 11.5. The van der Waals surface area contributed by atoms with Gasteiger partial charge >= 0.3 is 0 Å². The zero-order valence-corrected chi connectivity index (χ0v) is 35.6. The molecule has 0 radical (unpaired) electrons. The minimum absolute atomic E-state index is 0.0775. The van der Waals surface area contributed by atoms with Crippen LogP contribution < -0.4 is 25.8 Å². The number of rotatable bonds is 15. The second kappa shape index (κ2) is 17.3. The average Bonchev–Trinajstić information content (AvgIpc) is 3.27. The summed E-state index contributed by atoms with van der Waals surface area (Å²) in [5.41, 5.74) is 2.49. The van der Waals surface area contributed by atoms with E-state index in [1.807, 2.05) is 28.2 Å².